The topological polar surface area (TPSA) is 89.6 Å². The van der Waals surface area contributed by atoms with Crippen molar-refractivity contribution in [3.8, 4) is 0 Å². The first-order chi connectivity index (χ1) is 5.63. The lowest BCUT2D eigenvalue weighted by atomic mass is 10.3. The number of nitrogens with zero attached hydrogens (tertiary/aromatic N) is 2. The van der Waals surface area contributed by atoms with Gasteiger partial charge in [-0.1, -0.05) is 0 Å². The number of dihydropyridines is 1. The van der Waals surface area contributed by atoms with Crippen molar-refractivity contribution in [3.63, 3.8) is 0 Å². The minimum Gasteiger partial charge on any atom is -0.262 e. The quantitative estimate of drug-likeness (QED) is 0.308. The van der Waals surface area contributed by atoms with E-state index >= 15 is 0 Å². The van der Waals surface area contributed by atoms with Gasteiger partial charge in [-0.05, 0) is 12.2 Å². The van der Waals surface area contributed by atoms with Crippen LogP contribution in [-0.2, 0) is 10.3 Å². The highest BCUT2D eigenvalue weighted by Gasteiger charge is 2.26. The molecule has 0 aromatic heterocycles. The van der Waals surface area contributed by atoms with E-state index in [1.807, 2.05) is 0 Å². The highest BCUT2D eigenvalue weighted by molar-refractivity contribution is 7.73. The van der Waals surface area contributed by atoms with Crippen LogP contribution >= 0.6 is 0 Å². The van der Waals surface area contributed by atoms with Crippen LogP contribution in [0.5, 0.6) is 0 Å². The number of allylic oxidation sites excluding steroid dienone is 1. The van der Waals surface area contributed by atoms with E-state index in [1.165, 1.54) is 12.3 Å². The number of rotatable bonds is 1. The molecular weight excluding hydrogens is 184 g/mol. The highest BCUT2D eigenvalue weighted by Crippen LogP contribution is 2.00. The van der Waals surface area contributed by atoms with E-state index in [4.69, 9.17) is 0 Å². The van der Waals surface area contributed by atoms with E-state index < -0.39 is 21.4 Å². The van der Waals surface area contributed by atoms with Gasteiger partial charge in [0.15, 0.2) is 4.86 Å². The average Bonchev–Trinajstić information content (AvgIpc) is 2.04. The van der Waals surface area contributed by atoms with Gasteiger partial charge in [0.1, 0.15) is 0 Å². The van der Waals surface area contributed by atoms with Gasteiger partial charge in [-0.25, -0.2) is 4.99 Å². The standard InChI is InChI=1S/C5H4N2O4S/c8-7(9)5-4(12(10)11)2-1-3-6-5/h1-3,5H. The van der Waals surface area contributed by atoms with Crippen molar-refractivity contribution in [1.29, 1.82) is 0 Å². The number of aliphatic imine (C=N–C) groups is 1. The van der Waals surface area contributed by atoms with Crippen LogP contribution in [0.15, 0.2) is 17.1 Å². The Balaban J connectivity index is 3.19. The first-order valence-electron chi connectivity index (χ1n) is 2.92. The second kappa shape index (κ2) is 3.26. The van der Waals surface area contributed by atoms with Gasteiger partial charge in [0.2, 0.25) is 10.3 Å². The van der Waals surface area contributed by atoms with Crippen molar-refractivity contribution < 1.29 is 13.3 Å². The maximum Gasteiger partial charge on any atom is 0.344 e. The Bertz CT molecular complexity index is 384. The molecule has 0 saturated carbocycles. The smallest absolute Gasteiger partial charge is 0.262 e. The zero-order chi connectivity index (χ0) is 9.14. The fourth-order valence-electron chi connectivity index (χ4n) is 0.729. The van der Waals surface area contributed by atoms with E-state index in [-0.39, 0.29) is 4.86 Å². The summed E-state index contributed by atoms with van der Waals surface area (Å²) in [7, 11) is -2.58. The van der Waals surface area contributed by atoms with Crippen LogP contribution in [0.1, 0.15) is 0 Å². The lowest BCUT2D eigenvalue weighted by molar-refractivity contribution is -0.500. The molecule has 0 N–H and O–H groups in total. The molecule has 0 aromatic rings. The predicted molar refractivity (Wildman–Crippen MR) is 42.3 cm³/mol. The Kier molecular flexibility index (Phi) is 2.34. The van der Waals surface area contributed by atoms with E-state index in [0.717, 1.165) is 6.08 Å². The largest absolute Gasteiger partial charge is 0.344 e. The molecule has 0 aliphatic carbocycles. The van der Waals surface area contributed by atoms with Crippen molar-refractivity contribution in [2.24, 2.45) is 4.99 Å². The van der Waals surface area contributed by atoms with Crippen LogP contribution in [0.3, 0.4) is 0 Å². The molecule has 1 unspecified atom stereocenters. The summed E-state index contributed by atoms with van der Waals surface area (Å²) in [6.45, 7) is 0. The molecule has 0 aromatic carbocycles. The lowest BCUT2D eigenvalue weighted by Crippen LogP contribution is -2.28. The van der Waals surface area contributed by atoms with Gasteiger partial charge in [0, 0.05) is 6.21 Å². The molecule has 0 fully saturated rings. The normalized spacial score (nSPS) is 21.0. The Hall–Kier alpha value is -1.50. The zero-order valence-electron chi connectivity index (χ0n) is 5.75. The first-order valence-corrected chi connectivity index (χ1v) is 4.00. The van der Waals surface area contributed by atoms with Crippen LogP contribution in [0.25, 0.3) is 0 Å². The molecule has 0 amide bonds. The Morgan fingerprint density at radius 3 is 2.67 bits per heavy atom. The van der Waals surface area contributed by atoms with Gasteiger partial charge in [0.05, 0.1) is 4.92 Å². The van der Waals surface area contributed by atoms with Crippen molar-refractivity contribution in [2.75, 3.05) is 0 Å². The van der Waals surface area contributed by atoms with E-state index in [1.54, 1.807) is 0 Å². The summed E-state index contributed by atoms with van der Waals surface area (Å²) in [5.74, 6) is 0. The van der Waals surface area contributed by atoms with E-state index in [0.29, 0.717) is 0 Å². The Morgan fingerprint density at radius 1 is 1.58 bits per heavy atom. The summed E-state index contributed by atoms with van der Waals surface area (Å²) in [6.07, 6.45) is 2.21. The molecular formula is C5H4N2O4S. The molecule has 0 bridgehead atoms. The van der Waals surface area contributed by atoms with E-state index in [2.05, 4.69) is 4.99 Å². The van der Waals surface area contributed by atoms with Gasteiger partial charge in [-0.2, -0.15) is 8.42 Å². The van der Waals surface area contributed by atoms with Crippen molar-refractivity contribution in [2.45, 2.75) is 6.17 Å². The average molecular weight is 188 g/mol. The summed E-state index contributed by atoms with van der Waals surface area (Å²) in [5, 5.41) is 10.2. The second-order valence-electron chi connectivity index (χ2n) is 1.95. The fraction of sp³-hybridized carbons (Fsp3) is 0.200. The van der Waals surface area contributed by atoms with Crippen LogP contribution in [-0.4, -0.2) is 30.6 Å². The van der Waals surface area contributed by atoms with Gasteiger partial charge >= 0.3 is 6.17 Å². The molecule has 0 spiro atoms. The molecule has 1 atom stereocenters. The van der Waals surface area contributed by atoms with Gasteiger partial charge in [0.25, 0.3) is 0 Å². The van der Waals surface area contributed by atoms with Crippen LogP contribution in [0.2, 0.25) is 0 Å². The molecule has 1 heterocycles. The number of hydrogen-bond donors (Lipinski definition) is 0. The molecule has 0 radical (unpaired) electrons. The maximum atomic E-state index is 10.4. The number of hydrogen-bond acceptors (Lipinski definition) is 5. The minimum atomic E-state index is -2.58. The monoisotopic (exact) mass is 188 g/mol. The zero-order valence-corrected chi connectivity index (χ0v) is 6.56. The van der Waals surface area contributed by atoms with Crippen LogP contribution in [0.4, 0.5) is 0 Å². The number of nitro groups is 1. The van der Waals surface area contributed by atoms with Crippen molar-refractivity contribution >= 4 is 21.4 Å². The predicted octanol–water partition coefficient (Wildman–Crippen LogP) is -0.719. The molecule has 12 heavy (non-hydrogen) atoms. The molecule has 1 aliphatic rings. The van der Waals surface area contributed by atoms with Crippen LogP contribution < -0.4 is 0 Å². The summed E-state index contributed by atoms with van der Waals surface area (Å²) < 4.78 is 20.8. The SMILES string of the molecule is O=[N+]([O-])C1N=CC=CC1=S(=O)=O. The Labute approximate surface area is 68.9 Å². The van der Waals surface area contributed by atoms with Gasteiger partial charge in [-0.15, -0.1) is 0 Å². The van der Waals surface area contributed by atoms with E-state index in [9.17, 15) is 18.5 Å². The summed E-state index contributed by atoms with van der Waals surface area (Å²) in [4.78, 5) is 12.5. The lowest BCUT2D eigenvalue weighted by Gasteiger charge is -2.03. The van der Waals surface area contributed by atoms with Crippen LogP contribution in [0, 0.1) is 10.1 Å². The van der Waals surface area contributed by atoms with Crippen molar-refractivity contribution in [3.05, 3.63) is 22.3 Å². The second-order valence-corrected chi connectivity index (χ2v) is 2.89. The first kappa shape index (κ1) is 8.60. The molecule has 6 nitrogen and oxygen atoms in total. The molecule has 0 saturated heterocycles. The third-order valence-electron chi connectivity index (χ3n) is 1.22. The third-order valence-corrected chi connectivity index (χ3v) is 1.95. The Morgan fingerprint density at radius 2 is 2.25 bits per heavy atom. The summed E-state index contributed by atoms with van der Waals surface area (Å²) in [5.41, 5.74) is 0. The summed E-state index contributed by atoms with van der Waals surface area (Å²) >= 11 is 0. The molecule has 1 rings (SSSR count). The molecule has 7 heteroatoms. The molecule has 64 valence electrons. The maximum absolute atomic E-state index is 10.4. The van der Waals surface area contributed by atoms with Gasteiger partial charge < -0.3 is 0 Å². The fourth-order valence-corrected chi connectivity index (χ4v) is 1.24. The highest BCUT2D eigenvalue weighted by atomic mass is 32.2. The van der Waals surface area contributed by atoms with Crippen molar-refractivity contribution in [1.82, 2.24) is 0 Å². The van der Waals surface area contributed by atoms with Gasteiger partial charge in [-0.3, -0.25) is 10.1 Å². The summed E-state index contributed by atoms with van der Waals surface area (Å²) in [6, 6.07) is 0. The minimum absolute atomic E-state index is 0.317. The third kappa shape index (κ3) is 1.56. The molecule has 1 aliphatic heterocycles.